The number of halogens is 1. The Bertz CT molecular complexity index is 501. The van der Waals surface area contributed by atoms with E-state index in [0.717, 1.165) is 4.42 Å². The number of rotatable bonds is 5. The summed E-state index contributed by atoms with van der Waals surface area (Å²) in [4.78, 5) is 12.8. The Kier molecular flexibility index (Phi) is 6.55. The molecular weight excluding hydrogens is 326 g/mol. The minimum atomic E-state index is -4.48. The topological polar surface area (TPSA) is 77.5 Å². The number of carbonyl (C=O) groups excluding carboxylic acids is 1. The molecule has 0 spiro atoms. The lowest BCUT2D eigenvalue weighted by atomic mass is 9.71. The van der Waals surface area contributed by atoms with Crippen molar-refractivity contribution in [1.82, 2.24) is 4.42 Å². The van der Waals surface area contributed by atoms with E-state index in [0.29, 0.717) is 6.42 Å². The zero-order chi connectivity index (χ0) is 18.1. The molecule has 22 heavy (non-hydrogen) atoms. The van der Waals surface area contributed by atoms with Gasteiger partial charge in [0.25, 0.3) is 0 Å². The van der Waals surface area contributed by atoms with E-state index in [1.54, 1.807) is 0 Å². The Morgan fingerprint density at radius 2 is 1.50 bits per heavy atom. The van der Waals surface area contributed by atoms with Crippen LogP contribution in [0.3, 0.4) is 0 Å². The van der Waals surface area contributed by atoms with Crippen LogP contribution in [0.1, 0.15) is 61.8 Å². The second-order valence-corrected chi connectivity index (χ2v) is 10.6. The molecule has 0 bridgehead atoms. The van der Waals surface area contributed by atoms with Crippen LogP contribution < -0.4 is 0 Å². The molecule has 0 heterocycles. The fourth-order valence-electron chi connectivity index (χ4n) is 2.30. The quantitative estimate of drug-likeness (QED) is 0.560. The first-order valence-corrected chi connectivity index (χ1v) is 9.22. The van der Waals surface area contributed by atoms with Gasteiger partial charge in [0.05, 0.1) is 21.4 Å². The highest BCUT2D eigenvalue weighted by molar-refractivity contribution is 7.85. The van der Waals surface area contributed by atoms with Gasteiger partial charge in [-0.15, -0.1) is 0 Å². The van der Waals surface area contributed by atoms with Crippen molar-refractivity contribution >= 4 is 27.8 Å². The van der Waals surface area contributed by atoms with E-state index in [9.17, 15) is 17.8 Å². The zero-order valence-electron chi connectivity index (χ0n) is 14.9. The molecule has 0 aromatic carbocycles. The molecule has 0 fully saturated rings. The van der Waals surface area contributed by atoms with E-state index in [-0.39, 0.29) is 22.7 Å². The molecule has 0 saturated carbocycles. The smallest absolute Gasteiger partial charge is 0.241 e. The molecule has 1 unspecified atom stereocenters. The Hall–Kier alpha value is -0.330. The predicted octanol–water partition coefficient (Wildman–Crippen LogP) is 3.39. The van der Waals surface area contributed by atoms with Gasteiger partial charge >= 0.3 is 0 Å². The van der Waals surface area contributed by atoms with E-state index < -0.39 is 21.4 Å². The summed E-state index contributed by atoms with van der Waals surface area (Å²) >= 11 is 6.14. The molecule has 0 saturated heterocycles. The van der Waals surface area contributed by atoms with Crippen molar-refractivity contribution in [2.75, 3.05) is 5.75 Å². The van der Waals surface area contributed by atoms with Gasteiger partial charge in [0, 0.05) is 17.7 Å². The normalized spacial score (nSPS) is 15.5. The number of hydrogen-bond acceptors (Lipinski definition) is 4. The molecule has 0 N–H and O–H groups in total. The number of nitrogens with zero attached hydrogens (tertiary/aromatic N) is 1. The highest BCUT2D eigenvalue weighted by atomic mass is 35.5. The van der Waals surface area contributed by atoms with Crippen molar-refractivity contribution < 1.29 is 17.8 Å². The zero-order valence-corrected chi connectivity index (χ0v) is 16.4. The monoisotopic (exact) mass is 354 g/mol. The highest BCUT2D eigenvalue weighted by Gasteiger charge is 2.41. The summed E-state index contributed by atoms with van der Waals surface area (Å²) in [6.45, 7) is 14.9. The van der Waals surface area contributed by atoms with Crippen LogP contribution in [0.4, 0.5) is 0 Å². The fraction of sp³-hybridized carbons (Fsp3) is 0.933. The van der Waals surface area contributed by atoms with E-state index in [2.05, 4.69) is 0 Å². The van der Waals surface area contributed by atoms with E-state index >= 15 is 0 Å². The molecule has 0 radical (unpaired) electrons. The third kappa shape index (κ3) is 7.29. The van der Waals surface area contributed by atoms with E-state index in [4.69, 9.17) is 11.8 Å². The first-order chi connectivity index (χ1) is 9.37. The molecule has 5 nitrogen and oxygen atoms in total. The van der Waals surface area contributed by atoms with Gasteiger partial charge in [-0.1, -0.05) is 41.5 Å². The maximum absolute atomic E-state index is 12.8. The first-order valence-electron chi connectivity index (χ1n) is 7.30. The number of amides is 1. The molecule has 1 atom stereocenters. The fourth-order valence-corrected chi connectivity index (χ4v) is 3.54. The van der Waals surface area contributed by atoms with Crippen molar-refractivity contribution in [2.24, 2.45) is 16.7 Å². The van der Waals surface area contributed by atoms with Crippen molar-refractivity contribution in [3.63, 3.8) is 0 Å². The van der Waals surface area contributed by atoms with Crippen LogP contribution in [-0.2, 0) is 14.9 Å². The van der Waals surface area contributed by atoms with E-state index in [1.807, 2.05) is 41.5 Å². The van der Waals surface area contributed by atoms with Gasteiger partial charge in [-0.05, 0) is 31.1 Å². The molecular formula is C15H29ClNO4S-. The summed E-state index contributed by atoms with van der Waals surface area (Å²) in [6.07, 6.45) is 0.610. The lowest BCUT2D eigenvalue weighted by Gasteiger charge is -2.40. The third-order valence-electron chi connectivity index (χ3n) is 3.41. The van der Waals surface area contributed by atoms with Crippen LogP contribution in [0.15, 0.2) is 0 Å². The third-order valence-corrected chi connectivity index (χ3v) is 5.10. The molecule has 1 amide bonds. The molecule has 0 aliphatic carbocycles. The van der Waals surface area contributed by atoms with Gasteiger partial charge in [-0.3, -0.25) is 4.79 Å². The highest BCUT2D eigenvalue weighted by Crippen LogP contribution is 2.39. The first kappa shape index (κ1) is 21.7. The second kappa shape index (κ2) is 6.65. The van der Waals surface area contributed by atoms with Crippen LogP contribution in [0.5, 0.6) is 0 Å². The minimum Gasteiger partial charge on any atom is -0.748 e. The Balaban J connectivity index is 5.48. The summed E-state index contributed by atoms with van der Waals surface area (Å²) in [5.74, 6) is -1.45. The second-order valence-electron chi connectivity index (χ2n) is 8.82. The van der Waals surface area contributed by atoms with Crippen molar-refractivity contribution in [3.05, 3.63) is 0 Å². The summed E-state index contributed by atoms with van der Waals surface area (Å²) < 4.78 is 33.9. The lowest BCUT2D eigenvalue weighted by molar-refractivity contribution is -0.138. The van der Waals surface area contributed by atoms with Gasteiger partial charge in [-0.2, -0.15) is 0 Å². The molecule has 0 aromatic rings. The molecule has 0 rings (SSSR count). The maximum Gasteiger partial charge on any atom is 0.241 e. The van der Waals surface area contributed by atoms with Crippen molar-refractivity contribution in [2.45, 2.75) is 67.3 Å². The van der Waals surface area contributed by atoms with Crippen LogP contribution >= 0.6 is 11.8 Å². The number of hydrogen-bond donors (Lipinski definition) is 0. The summed E-state index contributed by atoms with van der Waals surface area (Å²) in [5.41, 5.74) is -1.68. The largest absolute Gasteiger partial charge is 0.748 e. The molecule has 7 heteroatoms. The SMILES string of the molecule is CC(C)(C)CC(C(=O)N(Cl)C(C)(C)CS(=O)(=O)[O-])C(C)(C)C. The van der Waals surface area contributed by atoms with Crippen LogP contribution in [0.2, 0.25) is 0 Å². The van der Waals surface area contributed by atoms with Crippen LogP contribution in [-0.4, -0.2) is 34.6 Å². The summed E-state index contributed by atoms with van der Waals surface area (Å²) in [5, 5.41) is 0. The van der Waals surface area contributed by atoms with Gasteiger partial charge in [0.15, 0.2) is 0 Å². The Morgan fingerprint density at radius 3 is 1.77 bits per heavy atom. The summed E-state index contributed by atoms with van der Waals surface area (Å²) in [6, 6.07) is 0. The van der Waals surface area contributed by atoms with Gasteiger partial charge in [0.1, 0.15) is 0 Å². The van der Waals surface area contributed by atoms with Crippen molar-refractivity contribution in [3.8, 4) is 0 Å². The molecule has 132 valence electrons. The minimum absolute atomic E-state index is 0.0832. The maximum atomic E-state index is 12.8. The molecule has 0 aromatic heterocycles. The average Bonchev–Trinajstić information content (AvgIpc) is 2.17. The van der Waals surface area contributed by atoms with Crippen molar-refractivity contribution in [1.29, 1.82) is 0 Å². The predicted molar refractivity (Wildman–Crippen MR) is 88.4 cm³/mol. The summed E-state index contributed by atoms with van der Waals surface area (Å²) in [7, 11) is -4.48. The lowest BCUT2D eigenvalue weighted by Crippen LogP contribution is -2.50. The van der Waals surface area contributed by atoms with Gasteiger partial charge in [0.2, 0.25) is 5.91 Å². The Morgan fingerprint density at radius 1 is 1.09 bits per heavy atom. The van der Waals surface area contributed by atoms with Gasteiger partial charge in [-0.25, -0.2) is 12.8 Å². The average molecular weight is 355 g/mol. The van der Waals surface area contributed by atoms with Crippen LogP contribution in [0, 0.1) is 16.7 Å². The van der Waals surface area contributed by atoms with E-state index in [1.165, 1.54) is 13.8 Å². The standard InChI is InChI=1S/C15H30ClNO4S/c1-13(2,3)9-11(14(4,5)6)12(18)17(16)15(7,8)10-22(19,20)21/h11H,9-10H2,1-8H3,(H,19,20,21)/p-1. The Labute approximate surface area is 140 Å². The van der Waals surface area contributed by atoms with Crippen LogP contribution in [0.25, 0.3) is 0 Å². The molecule has 0 aliphatic heterocycles. The van der Waals surface area contributed by atoms with Gasteiger partial charge < -0.3 is 4.55 Å². The molecule has 0 aliphatic rings. The number of carbonyl (C=O) groups is 1.